The molecule has 92 valence electrons. The number of nitrogens with zero attached hydrogens (tertiary/aromatic N) is 1. The number of amides is 2. The molecule has 2 amide bonds. The molecule has 1 N–H and O–H groups in total. The monoisotopic (exact) mass is 226 g/mol. The quantitative estimate of drug-likeness (QED) is 0.742. The maximum Gasteiger partial charge on any atom is 0.321 e. The highest BCUT2D eigenvalue weighted by Crippen LogP contribution is 2.23. The molecule has 0 aliphatic carbocycles. The average molecular weight is 226 g/mol. The molecular formula is C12H22N2O2. The Balaban J connectivity index is 2.45. The molecule has 0 aromatic carbocycles. The summed E-state index contributed by atoms with van der Waals surface area (Å²) in [6, 6.07) is -0.0353. The highest BCUT2D eigenvalue weighted by molar-refractivity contribution is 5.75. The van der Waals surface area contributed by atoms with Crippen molar-refractivity contribution in [2.75, 3.05) is 26.3 Å². The third-order valence-corrected chi connectivity index (χ3v) is 2.89. The average Bonchev–Trinajstić information content (AvgIpc) is 2.25. The van der Waals surface area contributed by atoms with E-state index in [0.717, 1.165) is 5.57 Å². The van der Waals surface area contributed by atoms with E-state index in [1.165, 1.54) is 0 Å². The Morgan fingerprint density at radius 3 is 2.38 bits per heavy atom. The number of urea groups is 1. The molecule has 1 saturated heterocycles. The van der Waals surface area contributed by atoms with Crippen LogP contribution in [0.15, 0.2) is 11.8 Å². The first-order valence-electron chi connectivity index (χ1n) is 5.71. The zero-order valence-corrected chi connectivity index (χ0v) is 10.7. The Morgan fingerprint density at radius 2 is 1.88 bits per heavy atom. The number of hydrogen-bond donors (Lipinski definition) is 1. The highest BCUT2D eigenvalue weighted by Gasteiger charge is 2.17. The SMILES string of the molecule is C/C(=C\NC(=O)N1CCOCC1)C(C)(C)C. The second-order valence-corrected chi connectivity index (χ2v) is 5.13. The van der Waals surface area contributed by atoms with Crippen LogP contribution in [0.5, 0.6) is 0 Å². The van der Waals surface area contributed by atoms with Gasteiger partial charge >= 0.3 is 6.03 Å². The summed E-state index contributed by atoms with van der Waals surface area (Å²) in [7, 11) is 0. The normalized spacial score (nSPS) is 18.5. The summed E-state index contributed by atoms with van der Waals surface area (Å²) in [4.78, 5) is 13.5. The Bertz CT molecular complexity index is 273. The lowest BCUT2D eigenvalue weighted by Crippen LogP contribution is -2.44. The number of ether oxygens (including phenoxy) is 1. The van der Waals surface area contributed by atoms with Gasteiger partial charge in [0.15, 0.2) is 0 Å². The standard InChI is InChI=1S/C12H22N2O2/c1-10(12(2,3)4)9-13-11(15)14-5-7-16-8-6-14/h9H,5-8H2,1-4H3,(H,13,15)/b10-9+. The summed E-state index contributed by atoms with van der Waals surface area (Å²) in [5.41, 5.74) is 1.26. The summed E-state index contributed by atoms with van der Waals surface area (Å²) in [6.07, 6.45) is 1.80. The van der Waals surface area contributed by atoms with Gasteiger partial charge in [-0.25, -0.2) is 4.79 Å². The third kappa shape index (κ3) is 3.85. The number of morpholine rings is 1. The number of carbonyl (C=O) groups excluding carboxylic acids is 1. The molecule has 1 aliphatic rings. The molecule has 0 bridgehead atoms. The van der Waals surface area contributed by atoms with Gasteiger partial charge in [-0.1, -0.05) is 26.3 Å². The van der Waals surface area contributed by atoms with E-state index in [1.807, 2.05) is 6.92 Å². The summed E-state index contributed by atoms with van der Waals surface area (Å²) in [5.74, 6) is 0. The van der Waals surface area contributed by atoms with E-state index in [2.05, 4.69) is 26.1 Å². The second-order valence-electron chi connectivity index (χ2n) is 5.13. The Kier molecular flexibility index (Phi) is 4.35. The Hall–Kier alpha value is -1.03. The van der Waals surface area contributed by atoms with E-state index in [0.29, 0.717) is 26.3 Å². The topological polar surface area (TPSA) is 41.6 Å². The zero-order chi connectivity index (χ0) is 12.2. The molecule has 4 heteroatoms. The third-order valence-electron chi connectivity index (χ3n) is 2.89. The predicted molar refractivity (Wildman–Crippen MR) is 64.1 cm³/mol. The molecule has 1 rings (SSSR count). The van der Waals surface area contributed by atoms with Crippen LogP contribution in [-0.4, -0.2) is 37.2 Å². The first-order chi connectivity index (χ1) is 7.41. The molecule has 0 saturated carbocycles. The van der Waals surface area contributed by atoms with E-state index in [9.17, 15) is 4.79 Å². The Labute approximate surface area is 97.6 Å². The fraction of sp³-hybridized carbons (Fsp3) is 0.750. The second kappa shape index (κ2) is 5.34. The number of allylic oxidation sites excluding steroid dienone is 1. The van der Waals surface area contributed by atoms with E-state index in [1.54, 1.807) is 11.1 Å². The van der Waals surface area contributed by atoms with Crippen molar-refractivity contribution in [1.29, 1.82) is 0 Å². The van der Waals surface area contributed by atoms with Crippen LogP contribution < -0.4 is 5.32 Å². The van der Waals surface area contributed by atoms with Crippen molar-refractivity contribution in [3.05, 3.63) is 11.8 Å². The van der Waals surface area contributed by atoms with E-state index >= 15 is 0 Å². The number of nitrogens with one attached hydrogen (secondary N) is 1. The minimum absolute atomic E-state index is 0.0353. The zero-order valence-electron chi connectivity index (χ0n) is 10.7. The molecule has 1 fully saturated rings. The van der Waals surface area contributed by atoms with Gasteiger partial charge in [-0.2, -0.15) is 0 Å². The van der Waals surface area contributed by atoms with Gasteiger partial charge in [0.25, 0.3) is 0 Å². The van der Waals surface area contributed by atoms with Crippen LogP contribution in [0.3, 0.4) is 0 Å². The van der Waals surface area contributed by atoms with Gasteiger partial charge in [-0.3, -0.25) is 0 Å². The first-order valence-corrected chi connectivity index (χ1v) is 5.71. The smallest absolute Gasteiger partial charge is 0.321 e. The maximum atomic E-state index is 11.7. The summed E-state index contributed by atoms with van der Waals surface area (Å²) >= 11 is 0. The Morgan fingerprint density at radius 1 is 1.31 bits per heavy atom. The lowest BCUT2D eigenvalue weighted by molar-refractivity contribution is 0.0540. The molecule has 0 unspecified atom stereocenters. The van der Waals surface area contributed by atoms with Gasteiger partial charge < -0.3 is 15.0 Å². The molecule has 4 nitrogen and oxygen atoms in total. The minimum Gasteiger partial charge on any atom is -0.378 e. The predicted octanol–water partition coefficient (Wildman–Crippen LogP) is 1.98. The molecule has 1 aliphatic heterocycles. The molecule has 16 heavy (non-hydrogen) atoms. The van der Waals surface area contributed by atoms with Crippen LogP contribution in [0.1, 0.15) is 27.7 Å². The van der Waals surface area contributed by atoms with Gasteiger partial charge in [-0.05, 0) is 12.3 Å². The fourth-order valence-electron chi connectivity index (χ4n) is 1.24. The molecule has 0 spiro atoms. The van der Waals surface area contributed by atoms with E-state index in [4.69, 9.17) is 4.74 Å². The van der Waals surface area contributed by atoms with Crippen molar-refractivity contribution in [3.63, 3.8) is 0 Å². The van der Waals surface area contributed by atoms with Gasteiger partial charge in [0.05, 0.1) is 13.2 Å². The molecule has 0 aromatic heterocycles. The van der Waals surface area contributed by atoms with Crippen molar-refractivity contribution in [3.8, 4) is 0 Å². The van der Waals surface area contributed by atoms with Crippen molar-refractivity contribution in [2.24, 2.45) is 5.41 Å². The molecular weight excluding hydrogens is 204 g/mol. The van der Waals surface area contributed by atoms with Crippen LogP contribution in [0, 0.1) is 5.41 Å². The minimum atomic E-state index is -0.0353. The van der Waals surface area contributed by atoms with Gasteiger partial charge in [0, 0.05) is 19.3 Å². The first kappa shape index (κ1) is 13.0. The number of carbonyl (C=O) groups is 1. The van der Waals surface area contributed by atoms with Crippen molar-refractivity contribution >= 4 is 6.03 Å². The van der Waals surface area contributed by atoms with Crippen molar-refractivity contribution < 1.29 is 9.53 Å². The number of hydrogen-bond acceptors (Lipinski definition) is 2. The molecule has 0 aromatic rings. The summed E-state index contributed by atoms with van der Waals surface area (Å²) in [5, 5.41) is 2.83. The molecule has 0 atom stereocenters. The van der Waals surface area contributed by atoms with Crippen LogP contribution in [0.2, 0.25) is 0 Å². The summed E-state index contributed by atoms with van der Waals surface area (Å²) < 4.78 is 5.19. The van der Waals surface area contributed by atoms with Crippen molar-refractivity contribution in [2.45, 2.75) is 27.7 Å². The van der Waals surface area contributed by atoms with Crippen LogP contribution in [0.25, 0.3) is 0 Å². The van der Waals surface area contributed by atoms with Crippen LogP contribution >= 0.6 is 0 Å². The number of rotatable bonds is 1. The lowest BCUT2D eigenvalue weighted by Gasteiger charge is -2.27. The van der Waals surface area contributed by atoms with E-state index < -0.39 is 0 Å². The van der Waals surface area contributed by atoms with Crippen LogP contribution in [-0.2, 0) is 4.74 Å². The van der Waals surface area contributed by atoms with E-state index in [-0.39, 0.29) is 11.4 Å². The van der Waals surface area contributed by atoms with Gasteiger partial charge in [0.2, 0.25) is 0 Å². The van der Waals surface area contributed by atoms with Crippen molar-refractivity contribution in [1.82, 2.24) is 10.2 Å². The van der Waals surface area contributed by atoms with Gasteiger partial charge in [-0.15, -0.1) is 0 Å². The maximum absolute atomic E-state index is 11.7. The van der Waals surface area contributed by atoms with Gasteiger partial charge in [0.1, 0.15) is 0 Å². The highest BCUT2D eigenvalue weighted by atomic mass is 16.5. The van der Waals surface area contributed by atoms with Crippen LogP contribution in [0.4, 0.5) is 4.79 Å². The fourth-order valence-corrected chi connectivity index (χ4v) is 1.24. The largest absolute Gasteiger partial charge is 0.378 e. The molecule has 1 heterocycles. The summed E-state index contributed by atoms with van der Waals surface area (Å²) in [6.45, 7) is 11.0. The molecule has 0 radical (unpaired) electrons. The lowest BCUT2D eigenvalue weighted by atomic mass is 9.88.